The first-order valence-corrected chi connectivity index (χ1v) is 6.26. The average Bonchev–Trinajstić information content (AvgIpc) is 2.70. The summed E-state index contributed by atoms with van der Waals surface area (Å²) in [5, 5.41) is 9.15. The van der Waals surface area contributed by atoms with E-state index in [0.717, 1.165) is 0 Å². The molecule has 5 heteroatoms. The first kappa shape index (κ1) is 13.9. The molecule has 20 heavy (non-hydrogen) atoms. The van der Waals surface area contributed by atoms with Crippen LogP contribution in [0.1, 0.15) is 30.0 Å². The lowest BCUT2D eigenvalue weighted by Gasteiger charge is -2.07. The van der Waals surface area contributed by atoms with Crippen LogP contribution < -0.4 is 4.74 Å². The second-order valence-electron chi connectivity index (χ2n) is 4.59. The number of carbonyl (C=O) groups excluding carboxylic acids is 1. The number of nitrogens with zero attached hydrogens (tertiary/aromatic N) is 1. The molecule has 0 aliphatic carbocycles. The lowest BCUT2D eigenvalue weighted by molar-refractivity contribution is 0.0378. The van der Waals surface area contributed by atoms with Gasteiger partial charge in [-0.05, 0) is 39.0 Å². The molecule has 0 atom stereocenters. The zero-order chi connectivity index (χ0) is 14.7. The number of esters is 1. The number of hydrogen-bond acceptors (Lipinski definition) is 5. The molecule has 0 N–H and O–H groups in total. The second-order valence-corrected chi connectivity index (χ2v) is 4.59. The van der Waals surface area contributed by atoms with Crippen molar-refractivity contribution in [3.05, 3.63) is 29.5 Å². The maximum Gasteiger partial charge on any atom is 0.342 e. The van der Waals surface area contributed by atoms with Crippen molar-refractivity contribution in [3.8, 4) is 11.8 Å². The minimum absolute atomic E-state index is 0.0475. The lowest BCUT2D eigenvalue weighted by atomic mass is 10.1. The molecule has 0 saturated carbocycles. The van der Waals surface area contributed by atoms with Gasteiger partial charge >= 0.3 is 5.97 Å². The molecule has 0 aliphatic heterocycles. The molecule has 5 nitrogen and oxygen atoms in total. The average molecular weight is 273 g/mol. The minimum Gasteiger partial charge on any atom is -0.479 e. The van der Waals surface area contributed by atoms with Crippen molar-refractivity contribution in [2.45, 2.75) is 26.9 Å². The largest absolute Gasteiger partial charge is 0.479 e. The Bertz CT molecular complexity index is 679. The molecular weight excluding hydrogens is 258 g/mol. The highest BCUT2D eigenvalue weighted by molar-refractivity contribution is 6.04. The molecule has 0 amide bonds. The van der Waals surface area contributed by atoms with Gasteiger partial charge in [0.05, 0.1) is 6.10 Å². The summed E-state index contributed by atoms with van der Waals surface area (Å²) in [7, 11) is 0. The van der Waals surface area contributed by atoms with E-state index in [4.69, 9.17) is 19.2 Å². The van der Waals surface area contributed by atoms with Gasteiger partial charge in [-0.2, -0.15) is 5.26 Å². The van der Waals surface area contributed by atoms with Crippen LogP contribution in [0.4, 0.5) is 0 Å². The molecule has 0 spiro atoms. The van der Waals surface area contributed by atoms with E-state index in [1.807, 2.05) is 6.07 Å². The predicted molar refractivity (Wildman–Crippen MR) is 72.6 cm³/mol. The quantitative estimate of drug-likeness (QED) is 0.800. The van der Waals surface area contributed by atoms with E-state index >= 15 is 0 Å². The fourth-order valence-electron chi connectivity index (χ4n) is 1.93. The van der Waals surface area contributed by atoms with Gasteiger partial charge in [-0.15, -0.1) is 0 Å². The van der Waals surface area contributed by atoms with E-state index < -0.39 is 5.97 Å². The number of aryl methyl sites for hydroxylation is 1. The van der Waals surface area contributed by atoms with Gasteiger partial charge in [0.1, 0.15) is 28.7 Å². The summed E-state index contributed by atoms with van der Waals surface area (Å²) >= 11 is 0. The highest BCUT2D eigenvalue weighted by Crippen LogP contribution is 2.29. The van der Waals surface area contributed by atoms with Gasteiger partial charge in [0.25, 0.3) is 0 Å². The van der Waals surface area contributed by atoms with Gasteiger partial charge in [0.2, 0.25) is 0 Å². The molecular formula is C15H15NO4. The van der Waals surface area contributed by atoms with Crippen LogP contribution in [-0.4, -0.2) is 18.7 Å². The monoisotopic (exact) mass is 273 g/mol. The third-order valence-corrected chi connectivity index (χ3v) is 2.69. The van der Waals surface area contributed by atoms with Gasteiger partial charge in [0.15, 0.2) is 6.61 Å². The molecule has 1 heterocycles. The summed E-state index contributed by atoms with van der Waals surface area (Å²) in [5.41, 5.74) is 0.985. The van der Waals surface area contributed by atoms with Crippen molar-refractivity contribution in [3.63, 3.8) is 0 Å². The van der Waals surface area contributed by atoms with Gasteiger partial charge in [0, 0.05) is 5.39 Å². The van der Waals surface area contributed by atoms with Gasteiger partial charge < -0.3 is 13.9 Å². The second kappa shape index (κ2) is 5.66. The molecule has 2 aromatic rings. The van der Waals surface area contributed by atoms with Crippen LogP contribution >= 0.6 is 0 Å². The Morgan fingerprint density at radius 2 is 2.20 bits per heavy atom. The van der Waals surface area contributed by atoms with Crippen molar-refractivity contribution in [1.82, 2.24) is 0 Å². The Kier molecular flexibility index (Phi) is 3.94. The van der Waals surface area contributed by atoms with Crippen LogP contribution in [0.5, 0.6) is 5.75 Å². The van der Waals surface area contributed by atoms with Crippen LogP contribution in [0.3, 0.4) is 0 Å². The van der Waals surface area contributed by atoms with Crippen molar-refractivity contribution in [2.24, 2.45) is 0 Å². The minimum atomic E-state index is -0.423. The highest BCUT2D eigenvalue weighted by Gasteiger charge is 2.20. The summed E-state index contributed by atoms with van der Waals surface area (Å²) in [6.07, 6.45) is -0.204. The maximum atomic E-state index is 12.1. The molecule has 0 bridgehead atoms. The number of nitriles is 1. The van der Waals surface area contributed by atoms with Gasteiger partial charge in [-0.25, -0.2) is 4.79 Å². The number of rotatable bonds is 4. The smallest absolute Gasteiger partial charge is 0.342 e. The molecule has 0 saturated heterocycles. The van der Waals surface area contributed by atoms with Crippen LogP contribution in [0.2, 0.25) is 0 Å². The van der Waals surface area contributed by atoms with Crippen LogP contribution in [-0.2, 0) is 4.74 Å². The Morgan fingerprint density at radius 1 is 1.45 bits per heavy atom. The normalized spacial score (nSPS) is 10.6. The molecule has 104 valence electrons. The van der Waals surface area contributed by atoms with E-state index in [1.165, 1.54) is 0 Å². The van der Waals surface area contributed by atoms with Crippen molar-refractivity contribution < 1.29 is 18.7 Å². The molecule has 0 aliphatic rings. The first-order chi connectivity index (χ1) is 9.52. The number of ether oxygens (including phenoxy) is 2. The number of benzene rings is 1. The Labute approximate surface area is 116 Å². The molecule has 0 fully saturated rings. The predicted octanol–water partition coefficient (Wildman–Crippen LogP) is 3.21. The van der Waals surface area contributed by atoms with Crippen molar-refractivity contribution >= 4 is 16.9 Å². The molecule has 1 aromatic heterocycles. The van der Waals surface area contributed by atoms with Crippen LogP contribution in [0.15, 0.2) is 22.6 Å². The summed E-state index contributed by atoms with van der Waals surface area (Å²) in [6, 6.07) is 6.98. The number of hydrogen-bond donors (Lipinski definition) is 0. The van der Waals surface area contributed by atoms with E-state index in [2.05, 4.69) is 0 Å². The van der Waals surface area contributed by atoms with E-state index in [9.17, 15) is 4.79 Å². The maximum absolute atomic E-state index is 12.1. The van der Waals surface area contributed by atoms with E-state index in [-0.39, 0.29) is 12.7 Å². The topological polar surface area (TPSA) is 72.5 Å². The Balaban J connectivity index is 2.45. The van der Waals surface area contributed by atoms with Crippen LogP contribution in [0, 0.1) is 18.3 Å². The fourth-order valence-corrected chi connectivity index (χ4v) is 1.93. The zero-order valence-corrected chi connectivity index (χ0v) is 11.6. The summed E-state index contributed by atoms with van der Waals surface area (Å²) in [5.74, 6) is 0.593. The number of fused-ring (bicyclic) bond motifs is 1. The Morgan fingerprint density at radius 3 is 2.85 bits per heavy atom. The van der Waals surface area contributed by atoms with E-state index in [0.29, 0.717) is 28.0 Å². The van der Waals surface area contributed by atoms with Crippen molar-refractivity contribution in [1.29, 1.82) is 5.26 Å². The van der Waals surface area contributed by atoms with Gasteiger partial charge in [-0.3, -0.25) is 0 Å². The molecule has 1 aromatic carbocycles. The zero-order valence-electron chi connectivity index (χ0n) is 11.6. The molecule has 0 radical (unpaired) electrons. The van der Waals surface area contributed by atoms with Gasteiger partial charge in [-0.1, -0.05) is 0 Å². The highest BCUT2D eigenvalue weighted by atomic mass is 16.5. The SMILES string of the molecule is Cc1oc2ccc(OCC#N)cc2c1C(=O)OC(C)C. The number of carbonyl (C=O) groups is 1. The summed E-state index contributed by atoms with van der Waals surface area (Å²) < 4.78 is 16.0. The Hall–Kier alpha value is -2.48. The van der Waals surface area contributed by atoms with Crippen molar-refractivity contribution in [2.75, 3.05) is 6.61 Å². The third-order valence-electron chi connectivity index (χ3n) is 2.69. The lowest BCUT2D eigenvalue weighted by Crippen LogP contribution is -2.12. The molecule has 0 unspecified atom stereocenters. The fraction of sp³-hybridized carbons (Fsp3) is 0.333. The standard InChI is InChI=1S/C15H15NO4/c1-9(2)19-15(17)14-10(3)20-13-5-4-11(8-12(13)14)18-7-6-16/h4-5,8-9H,7H2,1-3H3. The first-order valence-electron chi connectivity index (χ1n) is 6.26. The number of furan rings is 1. The molecule has 2 rings (SSSR count). The summed E-state index contributed by atoms with van der Waals surface area (Å²) in [4.78, 5) is 12.1. The van der Waals surface area contributed by atoms with E-state index in [1.54, 1.807) is 39.0 Å². The third kappa shape index (κ3) is 2.75. The summed E-state index contributed by atoms with van der Waals surface area (Å²) in [6.45, 7) is 5.24. The van der Waals surface area contributed by atoms with Crippen LogP contribution in [0.25, 0.3) is 11.0 Å².